The van der Waals surface area contributed by atoms with Crippen molar-refractivity contribution in [2.75, 3.05) is 39.4 Å². The van der Waals surface area contributed by atoms with Crippen molar-refractivity contribution in [2.24, 2.45) is 0 Å². The smallest absolute Gasteiger partial charge is 0.272 e. The number of rotatable bonds is 4. The van der Waals surface area contributed by atoms with Crippen LogP contribution >= 0.6 is 0 Å². The van der Waals surface area contributed by atoms with Crippen molar-refractivity contribution in [2.45, 2.75) is 37.4 Å². The van der Waals surface area contributed by atoms with Crippen molar-refractivity contribution in [1.29, 1.82) is 0 Å². The molecule has 3 aliphatic rings. The number of likely N-dealkylation sites (tertiary alicyclic amines) is 1. The second-order valence-corrected chi connectivity index (χ2v) is 9.13. The molecular formula is C25H30N4O3. The van der Waals surface area contributed by atoms with Gasteiger partial charge in [-0.3, -0.25) is 19.5 Å². The first kappa shape index (κ1) is 21.1. The maximum absolute atomic E-state index is 13.1. The zero-order valence-electron chi connectivity index (χ0n) is 18.4. The van der Waals surface area contributed by atoms with Gasteiger partial charge in [0.1, 0.15) is 5.69 Å². The third-order valence-electron chi connectivity index (χ3n) is 7.13. The summed E-state index contributed by atoms with van der Waals surface area (Å²) in [7, 11) is 0. The fourth-order valence-electron chi connectivity index (χ4n) is 5.39. The van der Waals surface area contributed by atoms with Crippen LogP contribution in [0.3, 0.4) is 0 Å². The standard InChI is InChI=1S/C25H30N4O3/c30-23-17-29(21-9-13-27(14-10-21)24(31)22-8-4-5-12-26-22)25(11-15-32-19-25)18-28(23)16-20-6-2-1-3-7-20/h1-8,12,21H,9-11,13-19H2. The molecule has 0 aliphatic carbocycles. The topological polar surface area (TPSA) is 66.0 Å². The van der Waals surface area contributed by atoms with Gasteiger partial charge >= 0.3 is 0 Å². The second-order valence-electron chi connectivity index (χ2n) is 9.13. The van der Waals surface area contributed by atoms with Crippen LogP contribution in [0.2, 0.25) is 0 Å². The summed E-state index contributed by atoms with van der Waals surface area (Å²) in [6, 6.07) is 15.9. The van der Waals surface area contributed by atoms with E-state index in [1.54, 1.807) is 12.3 Å². The number of hydrogen-bond acceptors (Lipinski definition) is 5. The van der Waals surface area contributed by atoms with E-state index in [4.69, 9.17) is 4.74 Å². The molecule has 2 aromatic rings. The molecule has 3 fully saturated rings. The maximum Gasteiger partial charge on any atom is 0.272 e. The number of piperidine rings is 1. The van der Waals surface area contributed by atoms with Gasteiger partial charge in [0.05, 0.1) is 18.7 Å². The van der Waals surface area contributed by atoms with Gasteiger partial charge in [0, 0.05) is 45.0 Å². The van der Waals surface area contributed by atoms with Gasteiger partial charge in [-0.25, -0.2) is 0 Å². The normalized spacial score (nSPS) is 24.9. The summed E-state index contributed by atoms with van der Waals surface area (Å²) in [4.78, 5) is 36.4. The maximum atomic E-state index is 13.1. The molecule has 1 unspecified atom stereocenters. The molecule has 1 atom stereocenters. The Morgan fingerprint density at radius 3 is 2.56 bits per heavy atom. The van der Waals surface area contributed by atoms with Crippen LogP contribution in [0.25, 0.3) is 0 Å². The minimum Gasteiger partial charge on any atom is -0.379 e. The van der Waals surface area contributed by atoms with Crippen LogP contribution in [-0.4, -0.2) is 82.5 Å². The summed E-state index contributed by atoms with van der Waals surface area (Å²) in [5.41, 5.74) is 1.53. The molecule has 2 amide bonds. The second kappa shape index (κ2) is 9.00. The number of piperazine rings is 1. The Bertz CT molecular complexity index is 938. The summed E-state index contributed by atoms with van der Waals surface area (Å²) < 4.78 is 5.86. The number of hydrogen-bond donors (Lipinski definition) is 0. The molecule has 1 aromatic heterocycles. The summed E-state index contributed by atoms with van der Waals surface area (Å²) in [5.74, 6) is 0.171. The first-order chi connectivity index (χ1) is 15.6. The lowest BCUT2D eigenvalue weighted by atomic mass is 9.87. The molecule has 3 saturated heterocycles. The average molecular weight is 435 g/mol. The van der Waals surface area contributed by atoms with Gasteiger partial charge in [0.15, 0.2) is 0 Å². The highest BCUT2D eigenvalue weighted by molar-refractivity contribution is 5.92. The Hall–Kier alpha value is -2.77. The summed E-state index contributed by atoms with van der Waals surface area (Å²) in [6.45, 7) is 4.56. The lowest BCUT2D eigenvalue weighted by Crippen LogP contribution is -2.68. The van der Waals surface area contributed by atoms with Crippen molar-refractivity contribution >= 4 is 11.8 Å². The van der Waals surface area contributed by atoms with E-state index in [-0.39, 0.29) is 23.4 Å². The minimum absolute atomic E-state index is 0.00767. The van der Waals surface area contributed by atoms with E-state index >= 15 is 0 Å². The highest BCUT2D eigenvalue weighted by Crippen LogP contribution is 2.35. The number of ether oxygens (including phenoxy) is 1. The molecule has 7 heteroatoms. The molecule has 168 valence electrons. The van der Waals surface area contributed by atoms with Crippen LogP contribution in [0.15, 0.2) is 54.7 Å². The highest BCUT2D eigenvalue weighted by atomic mass is 16.5. The molecule has 0 saturated carbocycles. The molecule has 7 nitrogen and oxygen atoms in total. The van der Waals surface area contributed by atoms with Crippen LogP contribution < -0.4 is 0 Å². The molecule has 4 heterocycles. The Kier molecular flexibility index (Phi) is 5.93. The molecule has 32 heavy (non-hydrogen) atoms. The van der Waals surface area contributed by atoms with Crippen LogP contribution in [0.1, 0.15) is 35.3 Å². The predicted molar refractivity (Wildman–Crippen MR) is 120 cm³/mol. The number of benzene rings is 1. The Morgan fingerprint density at radius 1 is 1.09 bits per heavy atom. The van der Waals surface area contributed by atoms with Crippen molar-refractivity contribution < 1.29 is 14.3 Å². The quantitative estimate of drug-likeness (QED) is 0.738. The number of pyridine rings is 1. The number of nitrogens with zero attached hydrogens (tertiary/aromatic N) is 4. The molecule has 1 spiro atoms. The Labute approximate surface area is 189 Å². The van der Waals surface area contributed by atoms with E-state index in [1.165, 1.54) is 0 Å². The lowest BCUT2D eigenvalue weighted by Gasteiger charge is -2.52. The fraction of sp³-hybridized carbons (Fsp3) is 0.480. The monoisotopic (exact) mass is 434 g/mol. The summed E-state index contributed by atoms with van der Waals surface area (Å²) in [6.07, 6.45) is 4.33. The third-order valence-corrected chi connectivity index (χ3v) is 7.13. The van der Waals surface area contributed by atoms with E-state index in [0.29, 0.717) is 45.0 Å². The summed E-state index contributed by atoms with van der Waals surface area (Å²) in [5, 5.41) is 0. The van der Waals surface area contributed by atoms with Crippen molar-refractivity contribution in [3.8, 4) is 0 Å². The number of amides is 2. The van der Waals surface area contributed by atoms with Gasteiger partial charge in [0.2, 0.25) is 5.91 Å². The minimum atomic E-state index is -0.124. The summed E-state index contributed by atoms with van der Waals surface area (Å²) >= 11 is 0. The molecule has 0 bridgehead atoms. The van der Waals surface area contributed by atoms with Gasteiger partial charge in [-0.1, -0.05) is 36.4 Å². The van der Waals surface area contributed by atoms with Crippen LogP contribution in [0, 0.1) is 0 Å². The van der Waals surface area contributed by atoms with E-state index in [1.807, 2.05) is 40.1 Å². The largest absolute Gasteiger partial charge is 0.379 e. The van der Waals surface area contributed by atoms with Crippen molar-refractivity contribution in [1.82, 2.24) is 19.7 Å². The van der Waals surface area contributed by atoms with Gasteiger partial charge in [-0.2, -0.15) is 0 Å². The van der Waals surface area contributed by atoms with Gasteiger partial charge in [-0.15, -0.1) is 0 Å². The molecule has 5 rings (SSSR count). The molecule has 1 aromatic carbocycles. The van der Waals surface area contributed by atoms with Gasteiger partial charge in [-0.05, 0) is 37.0 Å². The van der Waals surface area contributed by atoms with Gasteiger partial charge < -0.3 is 14.5 Å². The number of carbonyl (C=O) groups is 2. The zero-order chi connectivity index (χ0) is 22.0. The predicted octanol–water partition coefficient (Wildman–Crippen LogP) is 2.19. The van der Waals surface area contributed by atoms with E-state index < -0.39 is 0 Å². The van der Waals surface area contributed by atoms with E-state index in [2.05, 4.69) is 22.0 Å². The van der Waals surface area contributed by atoms with Crippen LogP contribution in [0.4, 0.5) is 0 Å². The van der Waals surface area contributed by atoms with E-state index in [9.17, 15) is 9.59 Å². The number of aromatic nitrogens is 1. The average Bonchev–Trinajstić information content (AvgIpc) is 3.31. The van der Waals surface area contributed by atoms with Crippen LogP contribution in [0.5, 0.6) is 0 Å². The SMILES string of the molecule is O=C1CN(C2CCN(C(=O)c3ccccn3)CC2)C2(CCOC2)CN1Cc1ccccc1. The third kappa shape index (κ3) is 4.14. The molecule has 0 radical (unpaired) electrons. The molecular weight excluding hydrogens is 404 g/mol. The zero-order valence-corrected chi connectivity index (χ0v) is 18.4. The van der Waals surface area contributed by atoms with Crippen LogP contribution in [-0.2, 0) is 16.1 Å². The first-order valence-corrected chi connectivity index (χ1v) is 11.5. The molecule has 3 aliphatic heterocycles. The molecule has 0 N–H and O–H groups in total. The Balaban J connectivity index is 1.27. The van der Waals surface area contributed by atoms with Gasteiger partial charge in [0.25, 0.3) is 5.91 Å². The van der Waals surface area contributed by atoms with E-state index in [0.717, 1.165) is 31.4 Å². The van der Waals surface area contributed by atoms with Crippen molar-refractivity contribution in [3.05, 3.63) is 66.0 Å². The highest BCUT2D eigenvalue weighted by Gasteiger charge is 2.50. The lowest BCUT2D eigenvalue weighted by molar-refractivity contribution is -0.148. The first-order valence-electron chi connectivity index (χ1n) is 11.5. The van der Waals surface area contributed by atoms with Crippen molar-refractivity contribution in [3.63, 3.8) is 0 Å². The Morgan fingerprint density at radius 2 is 1.88 bits per heavy atom. The fourth-order valence-corrected chi connectivity index (χ4v) is 5.39. The number of carbonyl (C=O) groups excluding carboxylic acids is 2.